The van der Waals surface area contributed by atoms with Crippen LogP contribution in [0.25, 0.3) is 0 Å². The minimum Gasteiger partial charge on any atom is -0.417 e. The first kappa shape index (κ1) is 13.7. The summed E-state index contributed by atoms with van der Waals surface area (Å²) in [6, 6.07) is 0.960. The summed E-state index contributed by atoms with van der Waals surface area (Å²) >= 11 is 0. The first-order valence-electron chi connectivity index (χ1n) is 4.45. The van der Waals surface area contributed by atoms with Gasteiger partial charge in [-0.3, -0.25) is 0 Å². The van der Waals surface area contributed by atoms with Crippen molar-refractivity contribution < 1.29 is 27.1 Å². The molecule has 0 radical (unpaired) electrons. The van der Waals surface area contributed by atoms with E-state index in [2.05, 4.69) is 11.3 Å². The van der Waals surface area contributed by atoms with Crippen molar-refractivity contribution in [2.24, 2.45) is 0 Å². The van der Waals surface area contributed by atoms with Crippen LogP contribution in [0, 0.1) is 34.6 Å². The minimum absolute atomic E-state index is 0.223. The van der Waals surface area contributed by atoms with Gasteiger partial charge in [-0.05, 0) is 6.92 Å². The van der Waals surface area contributed by atoms with Crippen molar-refractivity contribution in [2.75, 3.05) is 0 Å². The molecular formula is C11H5F4NO2. The molecule has 0 N–H and O–H groups in total. The second-order valence-corrected chi connectivity index (χ2v) is 3.24. The predicted octanol–water partition coefficient (Wildman–Crippen LogP) is 2.60. The van der Waals surface area contributed by atoms with Gasteiger partial charge in [0.15, 0.2) is 11.6 Å². The molecule has 0 saturated heterocycles. The monoisotopic (exact) mass is 259 g/mol. The first-order valence-corrected chi connectivity index (χ1v) is 4.45. The Morgan fingerprint density at radius 1 is 1.17 bits per heavy atom. The van der Waals surface area contributed by atoms with Gasteiger partial charge in [0, 0.05) is 5.57 Å². The highest BCUT2D eigenvalue weighted by Gasteiger charge is 2.28. The molecule has 0 amide bonds. The maximum absolute atomic E-state index is 13.3. The molecule has 0 bridgehead atoms. The van der Waals surface area contributed by atoms with Crippen LogP contribution in [0.3, 0.4) is 0 Å². The molecular weight excluding hydrogens is 254 g/mol. The normalized spacial score (nSPS) is 9.78. The average Bonchev–Trinajstić information content (AvgIpc) is 2.32. The molecule has 3 nitrogen and oxygen atoms in total. The Labute approximate surface area is 98.9 Å². The molecule has 18 heavy (non-hydrogen) atoms. The number of esters is 1. The summed E-state index contributed by atoms with van der Waals surface area (Å²) in [5.74, 6) is -10.6. The van der Waals surface area contributed by atoms with Crippen molar-refractivity contribution >= 4 is 5.97 Å². The summed E-state index contributed by atoms with van der Waals surface area (Å²) in [5.41, 5.74) is -1.65. The molecule has 0 aliphatic carbocycles. The summed E-state index contributed by atoms with van der Waals surface area (Å²) < 4.78 is 56.9. The average molecular weight is 259 g/mol. The molecule has 94 valence electrons. The van der Waals surface area contributed by atoms with E-state index in [0.29, 0.717) is 0 Å². The number of hydrogen-bond acceptors (Lipinski definition) is 3. The van der Waals surface area contributed by atoms with Crippen molar-refractivity contribution in [1.29, 1.82) is 5.26 Å². The standard InChI is InChI=1S/C11H5F4NO2/c1-4(2)11(17)18-10-8(14)6(12)5(3-16)7(13)9(10)15/h1H2,2H3. The number of carbonyl (C=O) groups is 1. The highest BCUT2D eigenvalue weighted by Crippen LogP contribution is 2.30. The molecule has 0 aliphatic rings. The number of ether oxygens (including phenoxy) is 1. The molecule has 0 aliphatic heterocycles. The molecule has 7 heteroatoms. The second-order valence-electron chi connectivity index (χ2n) is 3.24. The van der Waals surface area contributed by atoms with Crippen LogP contribution in [0.4, 0.5) is 17.6 Å². The lowest BCUT2D eigenvalue weighted by molar-refractivity contribution is -0.130. The van der Waals surface area contributed by atoms with Crippen LogP contribution in [-0.2, 0) is 4.79 Å². The summed E-state index contributed by atoms with van der Waals surface area (Å²) in [6.45, 7) is 4.30. The van der Waals surface area contributed by atoms with Crippen LogP contribution < -0.4 is 4.74 Å². The Morgan fingerprint density at radius 3 is 1.94 bits per heavy atom. The predicted molar refractivity (Wildman–Crippen MR) is 51.4 cm³/mol. The Bertz CT molecular complexity index is 561. The Kier molecular flexibility index (Phi) is 3.71. The van der Waals surface area contributed by atoms with E-state index in [0.717, 1.165) is 6.07 Å². The number of carbonyl (C=O) groups excluding carboxylic acids is 1. The van der Waals surface area contributed by atoms with Gasteiger partial charge >= 0.3 is 5.97 Å². The Balaban J connectivity index is 3.44. The molecule has 0 atom stereocenters. The lowest BCUT2D eigenvalue weighted by Crippen LogP contribution is -2.13. The highest BCUT2D eigenvalue weighted by atomic mass is 19.2. The van der Waals surface area contributed by atoms with Crippen molar-refractivity contribution in [3.63, 3.8) is 0 Å². The zero-order valence-electron chi connectivity index (χ0n) is 8.98. The zero-order chi connectivity index (χ0) is 14.0. The van der Waals surface area contributed by atoms with Crippen molar-refractivity contribution in [3.8, 4) is 11.8 Å². The van der Waals surface area contributed by atoms with Gasteiger partial charge in [-0.2, -0.15) is 14.0 Å². The van der Waals surface area contributed by atoms with E-state index in [-0.39, 0.29) is 5.57 Å². The van der Waals surface area contributed by atoms with Crippen molar-refractivity contribution in [1.82, 2.24) is 0 Å². The smallest absolute Gasteiger partial charge is 0.338 e. The summed E-state index contributed by atoms with van der Waals surface area (Å²) in [7, 11) is 0. The van der Waals surface area contributed by atoms with Crippen molar-refractivity contribution in [2.45, 2.75) is 6.92 Å². The summed E-state index contributed by atoms with van der Waals surface area (Å²) in [6.07, 6.45) is 0. The molecule has 1 rings (SSSR count). The number of hydrogen-bond donors (Lipinski definition) is 0. The molecule has 1 aromatic carbocycles. The summed E-state index contributed by atoms with van der Waals surface area (Å²) in [4.78, 5) is 11.0. The fourth-order valence-corrected chi connectivity index (χ4v) is 0.979. The number of halogens is 4. The maximum atomic E-state index is 13.3. The lowest BCUT2D eigenvalue weighted by atomic mass is 10.2. The van der Waals surface area contributed by atoms with Gasteiger partial charge < -0.3 is 4.74 Å². The first-order chi connectivity index (χ1) is 8.31. The quantitative estimate of drug-likeness (QED) is 0.270. The number of nitrogens with zero attached hydrogens (tertiary/aromatic N) is 1. The highest BCUT2D eigenvalue weighted by molar-refractivity contribution is 5.88. The van der Waals surface area contributed by atoms with Gasteiger partial charge in [-0.15, -0.1) is 0 Å². The number of nitriles is 1. The molecule has 0 aromatic heterocycles. The van der Waals surface area contributed by atoms with Crippen LogP contribution in [0.2, 0.25) is 0 Å². The summed E-state index contributed by atoms with van der Waals surface area (Å²) in [5, 5.41) is 8.32. The van der Waals surface area contributed by atoms with E-state index < -0.39 is 40.6 Å². The lowest BCUT2D eigenvalue weighted by Gasteiger charge is -2.08. The van der Waals surface area contributed by atoms with Crippen LogP contribution in [-0.4, -0.2) is 5.97 Å². The van der Waals surface area contributed by atoms with Gasteiger partial charge in [-0.1, -0.05) is 6.58 Å². The van der Waals surface area contributed by atoms with Crippen LogP contribution in [0.15, 0.2) is 12.2 Å². The van der Waals surface area contributed by atoms with E-state index in [1.165, 1.54) is 6.92 Å². The topological polar surface area (TPSA) is 50.1 Å². The Hall–Kier alpha value is -2.36. The van der Waals surface area contributed by atoms with Gasteiger partial charge in [0.25, 0.3) is 0 Å². The molecule has 0 heterocycles. The van der Waals surface area contributed by atoms with E-state index in [1.54, 1.807) is 0 Å². The van der Waals surface area contributed by atoms with Gasteiger partial charge in [-0.25, -0.2) is 13.6 Å². The fourth-order valence-electron chi connectivity index (χ4n) is 0.979. The molecule has 0 saturated carbocycles. The van der Waals surface area contributed by atoms with Crippen LogP contribution in [0.5, 0.6) is 5.75 Å². The minimum atomic E-state index is -1.96. The molecule has 0 unspecified atom stereocenters. The largest absolute Gasteiger partial charge is 0.417 e. The third kappa shape index (κ3) is 2.18. The second kappa shape index (κ2) is 4.87. The van der Waals surface area contributed by atoms with E-state index in [4.69, 9.17) is 5.26 Å². The number of benzene rings is 1. The SMILES string of the molecule is C=C(C)C(=O)Oc1c(F)c(F)c(C#N)c(F)c1F. The van der Waals surface area contributed by atoms with E-state index >= 15 is 0 Å². The fraction of sp³-hybridized carbons (Fsp3) is 0.0909. The third-order valence-electron chi connectivity index (χ3n) is 1.88. The van der Waals surface area contributed by atoms with E-state index in [1.807, 2.05) is 0 Å². The van der Waals surface area contributed by atoms with Crippen molar-refractivity contribution in [3.05, 3.63) is 41.0 Å². The zero-order valence-corrected chi connectivity index (χ0v) is 8.98. The maximum Gasteiger partial charge on any atom is 0.338 e. The molecule has 0 fully saturated rings. The number of rotatable bonds is 2. The van der Waals surface area contributed by atoms with Gasteiger partial charge in [0.2, 0.25) is 17.4 Å². The van der Waals surface area contributed by atoms with Gasteiger partial charge in [0.05, 0.1) is 0 Å². The third-order valence-corrected chi connectivity index (χ3v) is 1.88. The molecule has 0 spiro atoms. The van der Waals surface area contributed by atoms with Crippen LogP contribution in [0.1, 0.15) is 12.5 Å². The van der Waals surface area contributed by atoms with E-state index in [9.17, 15) is 22.4 Å². The van der Waals surface area contributed by atoms with Crippen LogP contribution >= 0.6 is 0 Å². The Morgan fingerprint density at radius 2 is 1.61 bits per heavy atom. The molecule has 1 aromatic rings. The van der Waals surface area contributed by atoms with Gasteiger partial charge in [0.1, 0.15) is 11.6 Å².